The lowest BCUT2D eigenvalue weighted by Crippen LogP contribution is -2.43. The Morgan fingerprint density at radius 3 is 2.62 bits per heavy atom. The third-order valence-electron chi connectivity index (χ3n) is 3.30. The molecular formula is C11H24ClN3O. The molecule has 1 aliphatic carbocycles. The van der Waals surface area contributed by atoms with Crippen molar-refractivity contribution in [3.05, 3.63) is 0 Å². The highest BCUT2D eigenvalue weighted by molar-refractivity contribution is 5.85. The van der Waals surface area contributed by atoms with E-state index in [1.165, 1.54) is 19.3 Å². The molecule has 1 fully saturated rings. The number of hydrogen-bond donors (Lipinski definition) is 2. The minimum atomic E-state index is 0. The number of carbonyl (C=O) groups is 1. The van der Waals surface area contributed by atoms with Crippen LogP contribution in [-0.4, -0.2) is 43.5 Å². The largest absolute Gasteiger partial charge is 0.355 e. The molecular weight excluding hydrogens is 226 g/mol. The van der Waals surface area contributed by atoms with Crippen LogP contribution in [0, 0.1) is 5.92 Å². The van der Waals surface area contributed by atoms with Crippen LogP contribution in [0.1, 0.15) is 26.2 Å². The van der Waals surface area contributed by atoms with E-state index in [9.17, 15) is 4.79 Å². The van der Waals surface area contributed by atoms with Gasteiger partial charge >= 0.3 is 0 Å². The van der Waals surface area contributed by atoms with Crippen LogP contribution in [0.4, 0.5) is 0 Å². The van der Waals surface area contributed by atoms with Gasteiger partial charge in [-0.1, -0.05) is 6.42 Å². The average molecular weight is 250 g/mol. The minimum Gasteiger partial charge on any atom is -0.355 e. The summed E-state index contributed by atoms with van der Waals surface area (Å²) in [4.78, 5) is 13.5. The second-order valence-corrected chi connectivity index (χ2v) is 4.60. The Kier molecular flexibility index (Phi) is 7.72. The Morgan fingerprint density at radius 2 is 2.19 bits per heavy atom. The number of nitrogens with two attached hydrogens (primary N) is 1. The number of carbonyl (C=O) groups excluding carboxylic acids is 1. The van der Waals surface area contributed by atoms with Crippen LogP contribution in [0.15, 0.2) is 0 Å². The van der Waals surface area contributed by atoms with E-state index in [1.807, 2.05) is 18.9 Å². The van der Waals surface area contributed by atoms with E-state index in [0.717, 1.165) is 12.5 Å². The molecule has 16 heavy (non-hydrogen) atoms. The second kappa shape index (κ2) is 7.87. The summed E-state index contributed by atoms with van der Waals surface area (Å²) in [6.45, 7) is 3.92. The van der Waals surface area contributed by atoms with Gasteiger partial charge in [0.25, 0.3) is 0 Å². The fraction of sp³-hybridized carbons (Fsp3) is 0.909. The molecule has 1 amide bonds. The number of nitrogens with zero attached hydrogens (tertiary/aromatic N) is 1. The number of amides is 1. The molecule has 96 valence electrons. The lowest BCUT2D eigenvalue weighted by Gasteiger charge is -2.27. The Bertz CT molecular complexity index is 209. The van der Waals surface area contributed by atoms with Crippen molar-refractivity contribution in [3.8, 4) is 0 Å². The quantitative estimate of drug-likeness (QED) is 0.725. The van der Waals surface area contributed by atoms with Crippen LogP contribution in [0.5, 0.6) is 0 Å². The van der Waals surface area contributed by atoms with E-state index in [0.29, 0.717) is 13.1 Å². The van der Waals surface area contributed by atoms with Crippen molar-refractivity contribution in [2.45, 2.75) is 32.2 Å². The Hall–Kier alpha value is -0.320. The average Bonchev–Trinajstić information content (AvgIpc) is 2.14. The highest BCUT2D eigenvalue weighted by Gasteiger charge is 2.18. The number of hydrogen-bond acceptors (Lipinski definition) is 3. The molecule has 0 bridgehead atoms. The molecule has 0 radical (unpaired) electrons. The molecule has 5 heteroatoms. The molecule has 0 heterocycles. The van der Waals surface area contributed by atoms with E-state index in [2.05, 4.69) is 5.32 Å². The normalized spacial score (nSPS) is 17.5. The fourth-order valence-corrected chi connectivity index (χ4v) is 1.57. The maximum atomic E-state index is 11.5. The number of halogens is 1. The molecule has 1 aliphatic rings. The van der Waals surface area contributed by atoms with Crippen LogP contribution < -0.4 is 11.1 Å². The zero-order valence-corrected chi connectivity index (χ0v) is 11.1. The first-order chi connectivity index (χ1) is 7.13. The van der Waals surface area contributed by atoms with Gasteiger partial charge in [0.1, 0.15) is 0 Å². The minimum absolute atomic E-state index is 0. The molecule has 3 N–H and O–H groups in total. The van der Waals surface area contributed by atoms with E-state index in [4.69, 9.17) is 5.73 Å². The maximum Gasteiger partial charge on any atom is 0.234 e. The SMILES string of the molecule is CC(CN)N(C)CC(=O)NCC1CCC1.Cl. The van der Waals surface area contributed by atoms with Gasteiger partial charge in [-0.2, -0.15) is 0 Å². The maximum absolute atomic E-state index is 11.5. The predicted octanol–water partition coefficient (Wildman–Crippen LogP) is 0.604. The summed E-state index contributed by atoms with van der Waals surface area (Å²) in [6.07, 6.45) is 3.87. The molecule has 1 unspecified atom stereocenters. The van der Waals surface area contributed by atoms with E-state index >= 15 is 0 Å². The molecule has 0 aromatic rings. The molecule has 0 aromatic carbocycles. The highest BCUT2D eigenvalue weighted by atomic mass is 35.5. The van der Waals surface area contributed by atoms with Gasteiger partial charge in [0.15, 0.2) is 0 Å². The van der Waals surface area contributed by atoms with Crippen molar-refractivity contribution in [1.82, 2.24) is 10.2 Å². The third-order valence-corrected chi connectivity index (χ3v) is 3.30. The molecule has 4 nitrogen and oxygen atoms in total. The summed E-state index contributed by atoms with van der Waals surface area (Å²) < 4.78 is 0. The van der Waals surface area contributed by atoms with E-state index < -0.39 is 0 Å². The standard InChI is InChI=1S/C11H23N3O.ClH/c1-9(6-12)14(2)8-11(15)13-7-10-4-3-5-10;/h9-10H,3-8,12H2,1-2H3,(H,13,15);1H. The van der Waals surface area contributed by atoms with Crippen LogP contribution in [0.25, 0.3) is 0 Å². The summed E-state index contributed by atoms with van der Waals surface area (Å²) in [7, 11) is 1.93. The number of likely N-dealkylation sites (N-methyl/N-ethyl adjacent to an activating group) is 1. The van der Waals surface area contributed by atoms with Crippen LogP contribution in [0.2, 0.25) is 0 Å². The lowest BCUT2D eigenvalue weighted by molar-refractivity contribution is -0.122. The molecule has 0 spiro atoms. The molecule has 1 saturated carbocycles. The van der Waals surface area contributed by atoms with Crippen molar-refractivity contribution >= 4 is 18.3 Å². The summed E-state index contributed by atoms with van der Waals surface area (Å²) in [5.41, 5.74) is 5.53. The van der Waals surface area contributed by atoms with Crippen molar-refractivity contribution in [1.29, 1.82) is 0 Å². The van der Waals surface area contributed by atoms with Crippen molar-refractivity contribution < 1.29 is 4.79 Å². The first kappa shape index (κ1) is 15.7. The summed E-state index contributed by atoms with van der Waals surface area (Å²) in [5, 5.41) is 2.97. The molecule has 0 aromatic heterocycles. The van der Waals surface area contributed by atoms with Gasteiger partial charge in [0.05, 0.1) is 6.54 Å². The van der Waals surface area contributed by atoms with Crippen LogP contribution in [0.3, 0.4) is 0 Å². The predicted molar refractivity (Wildman–Crippen MR) is 68.7 cm³/mol. The first-order valence-corrected chi connectivity index (χ1v) is 5.80. The highest BCUT2D eigenvalue weighted by Crippen LogP contribution is 2.24. The van der Waals surface area contributed by atoms with Gasteiger partial charge in [-0.05, 0) is 32.7 Å². The molecule has 1 atom stereocenters. The summed E-state index contributed by atoms with van der Waals surface area (Å²) in [5.74, 6) is 0.843. The summed E-state index contributed by atoms with van der Waals surface area (Å²) >= 11 is 0. The van der Waals surface area contributed by atoms with Gasteiger partial charge in [-0.15, -0.1) is 12.4 Å². The Balaban J connectivity index is 0.00000225. The van der Waals surface area contributed by atoms with Crippen LogP contribution in [-0.2, 0) is 4.79 Å². The third kappa shape index (κ3) is 5.14. The molecule has 1 rings (SSSR count). The van der Waals surface area contributed by atoms with Gasteiger partial charge in [-0.25, -0.2) is 0 Å². The van der Waals surface area contributed by atoms with Crippen molar-refractivity contribution in [3.63, 3.8) is 0 Å². The Morgan fingerprint density at radius 1 is 1.56 bits per heavy atom. The zero-order valence-electron chi connectivity index (χ0n) is 10.2. The van der Waals surface area contributed by atoms with E-state index in [1.54, 1.807) is 0 Å². The topological polar surface area (TPSA) is 58.4 Å². The van der Waals surface area contributed by atoms with Crippen molar-refractivity contribution in [2.75, 3.05) is 26.7 Å². The first-order valence-electron chi connectivity index (χ1n) is 5.80. The molecule has 0 saturated heterocycles. The van der Waals surface area contributed by atoms with Crippen LogP contribution >= 0.6 is 12.4 Å². The van der Waals surface area contributed by atoms with E-state index in [-0.39, 0.29) is 24.4 Å². The Labute approximate surface area is 104 Å². The van der Waals surface area contributed by atoms with Crippen molar-refractivity contribution in [2.24, 2.45) is 11.7 Å². The number of nitrogens with one attached hydrogen (secondary N) is 1. The second-order valence-electron chi connectivity index (χ2n) is 4.60. The number of rotatable bonds is 6. The van der Waals surface area contributed by atoms with Gasteiger partial charge in [0, 0.05) is 19.1 Å². The smallest absolute Gasteiger partial charge is 0.234 e. The molecule has 0 aliphatic heterocycles. The van der Waals surface area contributed by atoms with Gasteiger partial charge in [-0.3, -0.25) is 9.69 Å². The zero-order chi connectivity index (χ0) is 11.3. The lowest BCUT2D eigenvalue weighted by atomic mass is 9.85. The van der Waals surface area contributed by atoms with Gasteiger partial charge < -0.3 is 11.1 Å². The fourth-order valence-electron chi connectivity index (χ4n) is 1.57. The summed E-state index contributed by atoms with van der Waals surface area (Å²) in [6, 6.07) is 0.263. The monoisotopic (exact) mass is 249 g/mol. The van der Waals surface area contributed by atoms with Gasteiger partial charge in [0.2, 0.25) is 5.91 Å².